The molecule has 134 valence electrons. The topological polar surface area (TPSA) is 52.6 Å². The lowest BCUT2D eigenvalue weighted by Crippen LogP contribution is -2.22. The van der Waals surface area contributed by atoms with E-state index in [0.29, 0.717) is 25.7 Å². The molecule has 4 heteroatoms. The Balaban J connectivity index is 3.42. The molecule has 0 spiro atoms. The minimum atomic E-state index is -0.928. The maximum absolute atomic E-state index is 12.8. The van der Waals surface area contributed by atoms with Crippen LogP contribution < -0.4 is 0 Å². The van der Waals surface area contributed by atoms with Crippen LogP contribution in [0.25, 0.3) is 0 Å². The fourth-order valence-corrected chi connectivity index (χ4v) is 2.38. The van der Waals surface area contributed by atoms with Crippen molar-refractivity contribution in [1.82, 2.24) is 0 Å². The monoisotopic (exact) mass is 338 g/mol. The van der Waals surface area contributed by atoms with Crippen LogP contribution in [0.4, 0.5) is 0 Å². The van der Waals surface area contributed by atoms with Gasteiger partial charge in [-0.05, 0) is 37.8 Å². The summed E-state index contributed by atoms with van der Waals surface area (Å²) in [6.07, 6.45) is 3.21. The summed E-state index contributed by atoms with van der Waals surface area (Å²) in [5.74, 6) is -1.86. The summed E-state index contributed by atoms with van der Waals surface area (Å²) in [7, 11) is 0. The predicted molar refractivity (Wildman–Crippen MR) is 95.2 cm³/mol. The van der Waals surface area contributed by atoms with Gasteiger partial charge in [-0.3, -0.25) is 0 Å². The Labute approximate surface area is 151 Å². The molecule has 0 N–H and O–H groups in total. The molecule has 0 aromatic heterocycles. The van der Waals surface area contributed by atoms with Crippen molar-refractivity contribution >= 4 is 11.9 Å². The van der Waals surface area contributed by atoms with Crippen molar-refractivity contribution in [2.24, 2.45) is 0 Å². The van der Waals surface area contributed by atoms with Gasteiger partial charge in [0.2, 0.25) is 0 Å². The average Bonchev–Trinajstić information content (AvgIpc) is 2.67. The smallest absolute Gasteiger partial charge is 0.339 e. The summed E-state index contributed by atoms with van der Waals surface area (Å²) < 4.78 is 42.8. The van der Waals surface area contributed by atoms with E-state index in [4.69, 9.17) is 15.0 Å². The quantitative estimate of drug-likeness (QED) is 0.553. The molecule has 1 aromatic rings. The van der Waals surface area contributed by atoms with Crippen LogP contribution in [0.5, 0.6) is 0 Å². The van der Waals surface area contributed by atoms with Crippen LogP contribution in [0, 0.1) is 0 Å². The lowest BCUT2D eigenvalue weighted by atomic mass is 10.1. The predicted octanol–water partition coefficient (Wildman–Crippen LogP) is 5.16. The number of carbonyl (C=O) groups excluding carboxylic acids is 2. The van der Waals surface area contributed by atoms with Gasteiger partial charge in [0.25, 0.3) is 0 Å². The van der Waals surface area contributed by atoms with Crippen LogP contribution in [-0.2, 0) is 9.47 Å². The van der Waals surface area contributed by atoms with Gasteiger partial charge in [-0.1, -0.05) is 52.6 Å². The van der Waals surface area contributed by atoms with E-state index < -0.39 is 47.2 Å². The Kier molecular flexibility index (Phi) is 6.55. The maximum Gasteiger partial charge on any atom is 0.339 e. The van der Waals surface area contributed by atoms with E-state index in [-0.39, 0.29) is 12.2 Å². The van der Waals surface area contributed by atoms with E-state index in [1.54, 1.807) is 0 Å². The Morgan fingerprint density at radius 2 is 1.25 bits per heavy atom. The van der Waals surface area contributed by atoms with Crippen LogP contribution in [0.15, 0.2) is 24.2 Å². The van der Waals surface area contributed by atoms with Crippen molar-refractivity contribution in [3.63, 3.8) is 0 Å². The number of benzene rings is 1. The van der Waals surface area contributed by atoms with Crippen LogP contribution in [0.1, 0.15) is 92.4 Å². The first kappa shape index (κ1) is 14.5. The molecule has 0 saturated carbocycles. The van der Waals surface area contributed by atoms with Crippen molar-refractivity contribution < 1.29 is 24.5 Å². The fraction of sp³-hybridized carbons (Fsp3) is 0.600. The number of carbonyl (C=O) groups is 2. The number of ether oxygens (including phenoxy) is 2. The highest BCUT2D eigenvalue weighted by Gasteiger charge is 2.22. The van der Waals surface area contributed by atoms with Crippen molar-refractivity contribution in [3.8, 4) is 0 Å². The summed E-state index contributed by atoms with van der Waals surface area (Å²) >= 11 is 0. The van der Waals surface area contributed by atoms with Crippen LogP contribution in [0.3, 0.4) is 0 Å². The standard InChI is InChI=1S/C20H30O4/c1-5-11-15(7-3)23-19(21)17-13-9-10-14-18(17)20(22)24-16(8-4)12-6-2/h9-10,13-16H,5-8,11-12H2,1-4H3/i9D,10D,13D,14D. The molecule has 1 rings (SSSR count). The van der Waals surface area contributed by atoms with Crippen molar-refractivity contribution in [3.05, 3.63) is 35.3 Å². The third-order valence-corrected chi connectivity index (χ3v) is 3.78. The average molecular weight is 338 g/mol. The second-order valence-corrected chi connectivity index (χ2v) is 5.70. The van der Waals surface area contributed by atoms with E-state index in [9.17, 15) is 9.59 Å². The zero-order valence-electron chi connectivity index (χ0n) is 19.0. The normalized spacial score (nSPS) is 15.5. The molecule has 0 aliphatic heterocycles. The van der Waals surface area contributed by atoms with E-state index >= 15 is 0 Å². The van der Waals surface area contributed by atoms with E-state index in [1.165, 1.54) is 0 Å². The van der Waals surface area contributed by atoms with Gasteiger partial charge in [0.05, 0.1) is 16.6 Å². The molecule has 1 aromatic carbocycles. The van der Waals surface area contributed by atoms with Gasteiger partial charge in [0.15, 0.2) is 0 Å². The first-order chi connectivity index (χ1) is 13.2. The van der Waals surface area contributed by atoms with Crippen LogP contribution >= 0.6 is 0 Å². The zero-order valence-corrected chi connectivity index (χ0v) is 15.0. The van der Waals surface area contributed by atoms with Crippen LogP contribution in [0.2, 0.25) is 0 Å². The zero-order chi connectivity index (χ0) is 21.4. The van der Waals surface area contributed by atoms with Crippen molar-refractivity contribution in [2.45, 2.75) is 78.4 Å². The number of esters is 2. The Bertz CT molecular complexity index is 647. The third-order valence-electron chi connectivity index (χ3n) is 3.78. The molecule has 0 heterocycles. The first-order valence-corrected chi connectivity index (χ1v) is 8.75. The molecule has 4 nitrogen and oxygen atoms in total. The van der Waals surface area contributed by atoms with Crippen LogP contribution in [-0.4, -0.2) is 24.1 Å². The lowest BCUT2D eigenvalue weighted by molar-refractivity contribution is 0.0223. The highest BCUT2D eigenvalue weighted by molar-refractivity contribution is 6.03. The number of rotatable bonds is 10. The van der Waals surface area contributed by atoms with Gasteiger partial charge < -0.3 is 9.47 Å². The minimum Gasteiger partial charge on any atom is -0.459 e. The molecule has 0 fully saturated rings. The van der Waals surface area contributed by atoms with Gasteiger partial charge in [-0.15, -0.1) is 0 Å². The van der Waals surface area contributed by atoms with Gasteiger partial charge in [0.1, 0.15) is 12.2 Å². The highest BCUT2D eigenvalue weighted by atomic mass is 16.5. The molecule has 0 bridgehead atoms. The number of hydrogen-bond acceptors (Lipinski definition) is 4. The maximum atomic E-state index is 12.8. The van der Waals surface area contributed by atoms with Crippen molar-refractivity contribution in [2.75, 3.05) is 0 Å². The van der Waals surface area contributed by atoms with Gasteiger partial charge in [0, 0.05) is 0 Å². The molecule has 0 radical (unpaired) electrons. The Hall–Kier alpha value is -1.84. The molecule has 0 aliphatic rings. The van der Waals surface area contributed by atoms with E-state index in [1.807, 2.05) is 27.7 Å². The highest BCUT2D eigenvalue weighted by Crippen LogP contribution is 2.17. The summed E-state index contributed by atoms with van der Waals surface area (Å²) in [5.41, 5.74) is -0.922. The van der Waals surface area contributed by atoms with E-state index in [0.717, 1.165) is 12.8 Å². The molecule has 2 unspecified atom stereocenters. The summed E-state index contributed by atoms with van der Waals surface area (Å²) in [6.45, 7) is 7.62. The fourth-order valence-electron chi connectivity index (χ4n) is 2.38. The van der Waals surface area contributed by atoms with Gasteiger partial charge in [-0.25, -0.2) is 9.59 Å². The van der Waals surface area contributed by atoms with Gasteiger partial charge in [-0.2, -0.15) is 0 Å². The molecule has 2 atom stereocenters. The summed E-state index contributed by atoms with van der Waals surface area (Å²) in [6, 6.07) is -2.35. The third kappa shape index (κ3) is 5.99. The Morgan fingerprint density at radius 3 is 1.54 bits per heavy atom. The second-order valence-electron chi connectivity index (χ2n) is 5.70. The van der Waals surface area contributed by atoms with E-state index in [2.05, 4.69) is 0 Å². The lowest BCUT2D eigenvalue weighted by Gasteiger charge is -2.18. The summed E-state index contributed by atoms with van der Waals surface area (Å²) in [4.78, 5) is 25.5. The van der Waals surface area contributed by atoms with Crippen molar-refractivity contribution in [1.29, 1.82) is 0 Å². The molecule has 0 aliphatic carbocycles. The second kappa shape index (κ2) is 10.8. The Morgan fingerprint density at radius 1 is 0.875 bits per heavy atom. The molecular formula is C20H30O4. The minimum absolute atomic E-state index is 0.386. The summed E-state index contributed by atoms with van der Waals surface area (Å²) in [5, 5.41) is 0. The molecule has 0 saturated heterocycles. The molecule has 24 heavy (non-hydrogen) atoms. The number of hydrogen-bond donors (Lipinski definition) is 0. The molecular weight excluding hydrogens is 304 g/mol. The first-order valence-electron chi connectivity index (χ1n) is 10.7. The van der Waals surface area contributed by atoms with Gasteiger partial charge >= 0.3 is 11.9 Å². The molecule has 0 amide bonds. The SMILES string of the molecule is [2H]c1c([2H])c([2H])c(C(=O)OC(CC)CCC)c(C(=O)OC(CC)CCC)c1[2H]. The largest absolute Gasteiger partial charge is 0.459 e.